The number of rotatable bonds is 4. The van der Waals surface area contributed by atoms with Gasteiger partial charge in [-0.3, -0.25) is 5.32 Å². The van der Waals surface area contributed by atoms with Crippen LogP contribution in [0.2, 0.25) is 0 Å². The van der Waals surface area contributed by atoms with Gasteiger partial charge in [0.2, 0.25) is 0 Å². The van der Waals surface area contributed by atoms with Crippen LogP contribution in [0.25, 0.3) is 10.8 Å². The number of aromatic nitrogens is 2. The zero-order chi connectivity index (χ0) is 18.0. The fourth-order valence-corrected chi connectivity index (χ4v) is 3.89. The van der Waals surface area contributed by atoms with Crippen LogP contribution in [0.3, 0.4) is 0 Å². The van der Waals surface area contributed by atoms with Gasteiger partial charge < -0.3 is 15.6 Å². The van der Waals surface area contributed by atoms with Crippen LogP contribution < -0.4 is 16.4 Å². The average molecular weight is 369 g/mol. The Morgan fingerprint density at radius 1 is 1.12 bits per heavy atom. The van der Waals surface area contributed by atoms with Gasteiger partial charge in [-0.2, -0.15) is 4.98 Å². The van der Waals surface area contributed by atoms with Gasteiger partial charge in [-0.25, -0.2) is 4.79 Å². The van der Waals surface area contributed by atoms with Crippen molar-refractivity contribution in [3.05, 3.63) is 48.3 Å². The highest BCUT2D eigenvalue weighted by Gasteiger charge is 2.36. The van der Waals surface area contributed by atoms with Crippen molar-refractivity contribution < 1.29 is 9.32 Å². The largest absolute Gasteiger partial charge is 0.333 e. The molecule has 4 N–H and O–H groups in total. The summed E-state index contributed by atoms with van der Waals surface area (Å²) < 4.78 is 5.38. The molecule has 0 bridgehead atoms. The molecule has 0 spiro atoms. The fraction of sp³-hybridized carbons (Fsp3) is 0.278. The maximum atomic E-state index is 12.1. The number of carbonyl (C=O) groups excluding carboxylic acids is 1. The summed E-state index contributed by atoms with van der Waals surface area (Å²) in [6.45, 7) is 0. The molecule has 7 nitrogen and oxygen atoms in total. The minimum atomic E-state index is -0.477. The third-order valence-corrected chi connectivity index (χ3v) is 5.44. The lowest BCUT2D eigenvalue weighted by Gasteiger charge is -2.17. The number of para-hydroxylation sites is 1. The highest BCUT2D eigenvalue weighted by molar-refractivity contribution is 7.19. The molecule has 0 unspecified atom stereocenters. The van der Waals surface area contributed by atoms with Crippen LogP contribution in [0.15, 0.2) is 47.0 Å². The van der Waals surface area contributed by atoms with E-state index >= 15 is 0 Å². The molecule has 1 fully saturated rings. The van der Waals surface area contributed by atoms with Gasteiger partial charge in [0.15, 0.2) is 5.82 Å². The van der Waals surface area contributed by atoms with Crippen LogP contribution in [0.1, 0.15) is 31.5 Å². The molecule has 2 amide bonds. The summed E-state index contributed by atoms with van der Waals surface area (Å²) in [5.41, 5.74) is 6.62. The second-order valence-electron chi connectivity index (χ2n) is 6.40. The van der Waals surface area contributed by atoms with Crippen LogP contribution in [0, 0.1) is 0 Å². The molecule has 2 aromatic heterocycles. The third kappa shape index (κ3) is 3.47. The summed E-state index contributed by atoms with van der Waals surface area (Å²) in [5.74, 6) is 0.993. The summed E-state index contributed by atoms with van der Waals surface area (Å²) >= 11 is 1.37. The van der Waals surface area contributed by atoms with Crippen molar-refractivity contribution in [1.82, 2.24) is 10.1 Å². The molecule has 134 valence electrons. The van der Waals surface area contributed by atoms with E-state index in [0.29, 0.717) is 16.7 Å². The van der Waals surface area contributed by atoms with Crippen LogP contribution in [0.4, 0.5) is 15.5 Å². The predicted octanol–water partition coefficient (Wildman–Crippen LogP) is 4.17. The Balaban J connectivity index is 1.43. The molecule has 0 radical (unpaired) electrons. The molecule has 1 saturated carbocycles. The molecule has 2 heterocycles. The first kappa shape index (κ1) is 16.7. The number of nitrogens with zero attached hydrogens (tertiary/aromatic N) is 2. The highest BCUT2D eigenvalue weighted by Crippen LogP contribution is 2.37. The smallest absolute Gasteiger partial charge is 0.324 e. The molecule has 1 aliphatic rings. The van der Waals surface area contributed by atoms with E-state index in [4.69, 9.17) is 10.3 Å². The lowest BCUT2D eigenvalue weighted by Crippen LogP contribution is -2.34. The number of carbonyl (C=O) groups is 1. The second-order valence-corrected chi connectivity index (χ2v) is 7.48. The van der Waals surface area contributed by atoms with Crippen molar-refractivity contribution in [2.24, 2.45) is 5.73 Å². The van der Waals surface area contributed by atoms with Gasteiger partial charge in [-0.05, 0) is 37.1 Å². The SMILES string of the molecule is NC1(c2noc(-c3ccc(NC(=O)Nc4ccccc4)s3)n2)CCCC1. The van der Waals surface area contributed by atoms with Crippen LogP contribution in [-0.4, -0.2) is 16.2 Å². The first-order chi connectivity index (χ1) is 12.6. The Morgan fingerprint density at radius 3 is 2.65 bits per heavy atom. The fourth-order valence-electron chi connectivity index (χ4n) is 3.07. The summed E-state index contributed by atoms with van der Waals surface area (Å²) in [7, 11) is 0. The molecule has 0 aliphatic heterocycles. The molecular formula is C18H19N5O2S. The van der Waals surface area contributed by atoms with Gasteiger partial charge in [-0.15, -0.1) is 11.3 Å². The Kier molecular flexibility index (Phi) is 4.44. The molecule has 0 atom stereocenters. The van der Waals surface area contributed by atoms with Crippen molar-refractivity contribution in [1.29, 1.82) is 0 Å². The number of thiophene rings is 1. The van der Waals surface area contributed by atoms with Crippen molar-refractivity contribution in [3.8, 4) is 10.8 Å². The van der Waals surface area contributed by atoms with Crippen molar-refractivity contribution in [3.63, 3.8) is 0 Å². The van der Waals surface area contributed by atoms with E-state index in [1.54, 1.807) is 0 Å². The number of amides is 2. The zero-order valence-electron chi connectivity index (χ0n) is 14.1. The number of urea groups is 1. The molecule has 26 heavy (non-hydrogen) atoms. The summed E-state index contributed by atoms with van der Waals surface area (Å²) in [6.07, 6.45) is 3.93. The standard InChI is InChI=1S/C18H19N5O2S/c19-18(10-4-5-11-18)16-22-15(25-23-16)13-8-9-14(26-13)21-17(24)20-12-6-2-1-3-7-12/h1-3,6-9H,4-5,10-11,19H2,(H2,20,21,24). The van der Waals surface area contributed by atoms with Crippen LogP contribution in [0.5, 0.6) is 0 Å². The Morgan fingerprint density at radius 2 is 1.88 bits per heavy atom. The van der Waals surface area contributed by atoms with Crippen molar-refractivity contribution in [2.75, 3.05) is 10.6 Å². The maximum Gasteiger partial charge on any atom is 0.324 e. The summed E-state index contributed by atoms with van der Waals surface area (Å²) in [5, 5.41) is 10.3. The Hall–Kier alpha value is -2.71. The molecule has 8 heteroatoms. The lowest BCUT2D eigenvalue weighted by molar-refractivity contribution is 0.262. The van der Waals surface area contributed by atoms with Gasteiger partial charge in [0.1, 0.15) is 0 Å². The summed E-state index contributed by atoms with van der Waals surface area (Å²) in [6, 6.07) is 12.6. The van der Waals surface area contributed by atoms with Gasteiger partial charge in [0.05, 0.1) is 15.4 Å². The molecule has 1 aliphatic carbocycles. The third-order valence-electron chi connectivity index (χ3n) is 4.45. The Labute approximate surface area is 154 Å². The normalized spacial score (nSPS) is 15.7. The molecule has 1 aromatic carbocycles. The van der Waals surface area contributed by atoms with E-state index in [0.717, 1.165) is 36.2 Å². The first-order valence-corrected chi connectivity index (χ1v) is 9.30. The second kappa shape index (κ2) is 6.89. The van der Waals surface area contributed by atoms with E-state index in [1.165, 1.54) is 11.3 Å². The van der Waals surface area contributed by atoms with Crippen LogP contribution in [-0.2, 0) is 5.54 Å². The maximum absolute atomic E-state index is 12.1. The van der Waals surface area contributed by atoms with Crippen molar-refractivity contribution >= 4 is 28.1 Å². The average Bonchev–Trinajstić information content (AvgIpc) is 3.36. The lowest BCUT2D eigenvalue weighted by atomic mass is 9.99. The quantitative estimate of drug-likeness (QED) is 0.640. The minimum Gasteiger partial charge on any atom is -0.333 e. The molecule has 0 saturated heterocycles. The molecular weight excluding hydrogens is 350 g/mol. The topological polar surface area (TPSA) is 106 Å². The van der Waals surface area contributed by atoms with E-state index in [-0.39, 0.29) is 6.03 Å². The highest BCUT2D eigenvalue weighted by atomic mass is 32.1. The van der Waals surface area contributed by atoms with E-state index < -0.39 is 5.54 Å². The van der Waals surface area contributed by atoms with Gasteiger partial charge in [0, 0.05) is 5.69 Å². The number of hydrogen-bond acceptors (Lipinski definition) is 6. The van der Waals surface area contributed by atoms with Crippen molar-refractivity contribution in [2.45, 2.75) is 31.2 Å². The first-order valence-electron chi connectivity index (χ1n) is 8.49. The van der Waals surface area contributed by atoms with Crippen LogP contribution >= 0.6 is 11.3 Å². The van der Waals surface area contributed by atoms with E-state index in [9.17, 15) is 4.79 Å². The number of hydrogen-bond donors (Lipinski definition) is 3. The predicted molar refractivity (Wildman–Crippen MR) is 101 cm³/mol. The number of nitrogens with one attached hydrogen (secondary N) is 2. The van der Waals surface area contributed by atoms with E-state index in [2.05, 4.69) is 20.8 Å². The number of anilines is 2. The van der Waals surface area contributed by atoms with Gasteiger partial charge in [0.25, 0.3) is 5.89 Å². The van der Waals surface area contributed by atoms with E-state index in [1.807, 2.05) is 42.5 Å². The number of nitrogens with two attached hydrogens (primary N) is 1. The number of benzene rings is 1. The zero-order valence-corrected chi connectivity index (χ0v) is 14.9. The molecule has 4 rings (SSSR count). The molecule has 3 aromatic rings. The van der Waals surface area contributed by atoms with Gasteiger partial charge in [-0.1, -0.05) is 36.2 Å². The summed E-state index contributed by atoms with van der Waals surface area (Å²) in [4.78, 5) is 17.3. The van der Waals surface area contributed by atoms with Gasteiger partial charge >= 0.3 is 6.03 Å². The monoisotopic (exact) mass is 369 g/mol. The Bertz CT molecular complexity index is 899. The minimum absolute atomic E-state index is 0.303.